The molecule has 3 N–H and O–H groups in total. The maximum absolute atomic E-state index is 13.3. The van der Waals surface area contributed by atoms with Gasteiger partial charge in [-0.25, -0.2) is 18.6 Å². The van der Waals surface area contributed by atoms with Gasteiger partial charge in [0.2, 0.25) is 0 Å². The van der Waals surface area contributed by atoms with E-state index in [-0.39, 0.29) is 23.3 Å². The molecule has 0 saturated carbocycles. The largest absolute Gasteiger partial charge is 0.335 e. The van der Waals surface area contributed by atoms with Gasteiger partial charge in [-0.05, 0) is 36.8 Å². The Hall–Kier alpha value is -2.38. The Labute approximate surface area is 137 Å². The van der Waals surface area contributed by atoms with E-state index in [4.69, 9.17) is 0 Å². The first kappa shape index (κ1) is 16.5. The molecule has 24 heavy (non-hydrogen) atoms. The van der Waals surface area contributed by atoms with E-state index in [0.29, 0.717) is 6.07 Å². The number of rotatable bonds is 3. The molecule has 1 aliphatic heterocycles. The van der Waals surface area contributed by atoms with E-state index in [9.17, 15) is 18.0 Å². The second kappa shape index (κ2) is 6.62. The summed E-state index contributed by atoms with van der Waals surface area (Å²) in [6.07, 6.45) is -0.510. The van der Waals surface area contributed by atoms with Gasteiger partial charge in [-0.2, -0.15) is 0 Å². The van der Waals surface area contributed by atoms with Crippen LogP contribution in [0.15, 0.2) is 42.5 Å². The Morgan fingerprint density at radius 2 is 1.58 bits per heavy atom. The van der Waals surface area contributed by atoms with E-state index >= 15 is 0 Å². The third kappa shape index (κ3) is 3.42. The normalized spacial score (nSPS) is 23.2. The summed E-state index contributed by atoms with van der Waals surface area (Å²) in [5.74, 6) is -2.76. The lowest BCUT2D eigenvalue weighted by atomic mass is 9.91. The van der Waals surface area contributed by atoms with Gasteiger partial charge in [0.1, 0.15) is 23.6 Å². The molecule has 0 aromatic heterocycles. The van der Waals surface area contributed by atoms with Crippen LogP contribution in [-0.2, 0) is 0 Å². The van der Waals surface area contributed by atoms with Crippen molar-refractivity contribution in [3.63, 3.8) is 0 Å². The smallest absolute Gasteiger partial charge is 0.252 e. The average Bonchev–Trinajstić information content (AvgIpc) is 2.88. The van der Waals surface area contributed by atoms with Crippen molar-refractivity contribution < 1.29 is 18.0 Å². The fourth-order valence-corrected chi connectivity index (χ4v) is 2.89. The SMILES string of the molecule is CC1NNC(NC(=O)c2cc(F)cc(F)c2)C1c1ccc(F)cc1. The lowest BCUT2D eigenvalue weighted by Crippen LogP contribution is -2.46. The summed E-state index contributed by atoms with van der Waals surface area (Å²) in [6, 6.07) is 8.59. The Bertz CT molecular complexity index is 731. The van der Waals surface area contributed by atoms with Crippen molar-refractivity contribution in [2.75, 3.05) is 0 Å². The van der Waals surface area contributed by atoms with E-state index in [0.717, 1.165) is 17.7 Å². The molecule has 126 valence electrons. The predicted octanol–water partition coefficient (Wildman–Crippen LogP) is 2.44. The van der Waals surface area contributed by atoms with Crippen LogP contribution >= 0.6 is 0 Å². The number of amides is 1. The van der Waals surface area contributed by atoms with Crippen molar-refractivity contribution in [2.45, 2.75) is 25.0 Å². The second-order valence-electron chi connectivity index (χ2n) is 5.76. The maximum atomic E-state index is 13.3. The van der Waals surface area contributed by atoms with Crippen molar-refractivity contribution in [2.24, 2.45) is 0 Å². The summed E-state index contributed by atoms with van der Waals surface area (Å²) in [4.78, 5) is 12.3. The summed E-state index contributed by atoms with van der Waals surface area (Å²) in [5, 5.41) is 2.70. The van der Waals surface area contributed by atoms with E-state index < -0.39 is 23.7 Å². The zero-order chi connectivity index (χ0) is 17.3. The van der Waals surface area contributed by atoms with Crippen LogP contribution in [0.5, 0.6) is 0 Å². The van der Waals surface area contributed by atoms with Gasteiger partial charge in [0.25, 0.3) is 5.91 Å². The molecule has 1 fully saturated rings. The first-order chi connectivity index (χ1) is 11.4. The highest BCUT2D eigenvalue weighted by molar-refractivity contribution is 5.94. The highest BCUT2D eigenvalue weighted by Crippen LogP contribution is 2.26. The minimum Gasteiger partial charge on any atom is -0.335 e. The molecule has 1 aliphatic rings. The molecular weight excluding hydrogens is 319 g/mol. The Balaban J connectivity index is 1.80. The summed E-state index contributed by atoms with van der Waals surface area (Å²) in [7, 11) is 0. The molecular formula is C17H16F3N3O. The number of halogens is 3. The third-order valence-corrected chi connectivity index (χ3v) is 4.03. The molecule has 2 aromatic rings. The molecule has 0 aliphatic carbocycles. The highest BCUT2D eigenvalue weighted by Gasteiger charge is 2.35. The zero-order valence-corrected chi connectivity index (χ0v) is 12.8. The van der Waals surface area contributed by atoms with E-state index in [2.05, 4.69) is 16.2 Å². The molecule has 3 unspecified atom stereocenters. The minimum absolute atomic E-state index is 0.0370. The number of hydrazine groups is 1. The first-order valence-corrected chi connectivity index (χ1v) is 7.47. The molecule has 1 amide bonds. The molecule has 1 saturated heterocycles. The molecule has 0 radical (unpaired) electrons. The van der Waals surface area contributed by atoms with Gasteiger partial charge in [0, 0.05) is 23.6 Å². The van der Waals surface area contributed by atoms with Crippen LogP contribution in [0.3, 0.4) is 0 Å². The van der Waals surface area contributed by atoms with Crippen LogP contribution in [0, 0.1) is 17.5 Å². The van der Waals surface area contributed by atoms with Gasteiger partial charge < -0.3 is 5.32 Å². The lowest BCUT2D eigenvalue weighted by Gasteiger charge is -2.22. The summed E-state index contributed by atoms with van der Waals surface area (Å²) in [6.45, 7) is 1.91. The van der Waals surface area contributed by atoms with Crippen LogP contribution in [0.2, 0.25) is 0 Å². The summed E-state index contributed by atoms with van der Waals surface area (Å²) >= 11 is 0. The second-order valence-corrected chi connectivity index (χ2v) is 5.76. The van der Waals surface area contributed by atoms with Crippen molar-refractivity contribution in [1.29, 1.82) is 0 Å². The Morgan fingerprint density at radius 3 is 2.21 bits per heavy atom. The molecule has 3 atom stereocenters. The third-order valence-electron chi connectivity index (χ3n) is 4.03. The molecule has 0 bridgehead atoms. The number of nitrogens with one attached hydrogen (secondary N) is 3. The monoisotopic (exact) mass is 335 g/mol. The van der Waals surface area contributed by atoms with E-state index in [1.165, 1.54) is 12.1 Å². The lowest BCUT2D eigenvalue weighted by molar-refractivity contribution is 0.0927. The molecule has 4 nitrogen and oxygen atoms in total. The average molecular weight is 335 g/mol. The van der Waals surface area contributed by atoms with Crippen molar-refractivity contribution in [3.8, 4) is 0 Å². The van der Waals surface area contributed by atoms with Crippen molar-refractivity contribution >= 4 is 5.91 Å². The Morgan fingerprint density at radius 1 is 0.958 bits per heavy atom. The molecule has 0 spiro atoms. The van der Waals surface area contributed by atoms with Crippen molar-refractivity contribution in [1.82, 2.24) is 16.2 Å². The molecule has 3 rings (SSSR count). The van der Waals surface area contributed by atoms with Crippen LogP contribution < -0.4 is 16.2 Å². The molecule has 7 heteroatoms. The topological polar surface area (TPSA) is 53.2 Å². The van der Waals surface area contributed by atoms with Gasteiger partial charge in [-0.3, -0.25) is 10.2 Å². The fourth-order valence-electron chi connectivity index (χ4n) is 2.89. The van der Waals surface area contributed by atoms with Crippen LogP contribution in [0.25, 0.3) is 0 Å². The highest BCUT2D eigenvalue weighted by atomic mass is 19.1. The number of carbonyl (C=O) groups excluding carboxylic acids is 1. The van der Waals surface area contributed by atoms with Crippen LogP contribution in [-0.4, -0.2) is 18.1 Å². The number of hydrogen-bond donors (Lipinski definition) is 3. The standard InChI is InChI=1S/C17H16F3N3O/c1-9-15(10-2-4-12(18)5-3-10)16(23-22-9)21-17(24)11-6-13(19)8-14(20)7-11/h2-9,15-16,22-23H,1H3,(H,21,24). The molecule has 2 aromatic carbocycles. The first-order valence-electron chi connectivity index (χ1n) is 7.47. The van der Waals surface area contributed by atoms with Gasteiger partial charge >= 0.3 is 0 Å². The van der Waals surface area contributed by atoms with Gasteiger partial charge in [-0.15, -0.1) is 0 Å². The van der Waals surface area contributed by atoms with E-state index in [1.807, 2.05) is 6.92 Å². The Kier molecular flexibility index (Phi) is 4.55. The van der Waals surface area contributed by atoms with Gasteiger partial charge in [0.05, 0.1) is 0 Å². The van der Waals surface area contributed by atoms with Crippen LogP contribution in [0.4, 0.5) is 13.2 Å². The zero-order valence-electron chi connectivity index (χ0n) is 12.8. The van der Waals surface area contributed by atoms with Crippen molar-refractivity contribution in [3.05, 3.63) is 71.0 Å². The van der Waals surface area contributed by atoms with Gasteiger partial charge in [-0.1, -0.05) is 12.1 Å². The summed E-state index contributed by atoms with van der Waals surface area (Å²) < 4.78 is 39.6. The molecule has 1 heterocycles. The number of hydrogen-bond acceptors (Lipinski definition) is 3. The fraction of sp³-hybridized carbons (Fsp3) is 0.235. The number of carbonyl (C=O) groups is 1. The summed E-state index contributed by atoms with van der Waals surface area (Å²) in [5.41, 5.74) is 6.67. The minimum atomic E-state index is -0.818. The number of benzene rings is 2. The maximum Gasteiger partial charge on any atom is 0.252 e. The van der Waals surface area contributed by atoms with Gasteiger partial charge in [0.15, 0.2) is 0 Å². The predicted molar refractivity (Wildman–Crippen MR) is 82.5 cm³/mol. The quantitative estimate of drug-likeness (QED) is 0.808. The van der Waals surface area contributed by atoms with E-state index in [1.54, 1.807) is 12.1 Å². The van der Waals surface area contributed by atoms with Crippen LogP contribution in [0.1, 0.15) is 28.8 Å².